The molecule has 0 saturated carbocycles. The molecule has 0 spiro atoms. The Kier molecular flexibility index (Phi) is 3.63. The molecular formula is C15H20BrN3. The fraction of sp³-hybridized carbons (Fsp3) is 0.533. The molecule has 1 saturated heterocycles. The molecule has 0 bridgehead atoms. The van der Waals surface area contributed by atoms with Crippen molar-refractivity contribution in [1.82, 2.24) is 14.7 Å². The van der Waals surface area contributed by atoms with Crippen molar-refractivity contribution in [3.05, 3.63) is 33.7 Å². The van der Waals surface area contributed by atoms with Crippen molar-refractivity contribution >= 4 is 21.6 Å². The third-order valence-electron chi connectivity index (χ3n) is 4.16. The van der Waals surface area contributed by atoms with Gasteiger partial charge in [0.1, 0.15) is 5.65 Å². The van der Waals surface area contributed by atoms with Gasteiger partial charge < -0.3 is 9.72 Å². The topological polar surface area (TPSA) is 29.3 Å². The third-order valence-corrected chi connectivity index (χ3v) is 4.96. The van der Waals surface area contributed by atoms with Gasteiger partial charge in [0.25, 0.3) is 0 Å². The van der Waals surface area contributed by atoms with Crippen molar-refractivity contribution in [3.8, 4) is 0 Å². The highest BCUT2D eigenvalue weighted by molar-refractivity contribution is 9.10. The van der Waals surface area contributed by atoms with E-state index in [0.717, 1.165) is 23.1 Å². The summed E-state index contributed by atoms with van der Waals surface area (Å²) < 4.78 is 3.29. The van der Waals surface area contributed by atoms with E-state index < -0.39 is 0 Å². The van der Waals surface area contributed by atoms with Gasteiger partial charge in [-0.15, -0.1) is 0 Å². The summed E-state index contributed by atoms with van der Waals surface area (Å²) in [4.78, 5) is 4.81. The van der Waals surface area contributed by atoms with E-state index in [0.29, 0.717) is 6.04 Å². The van der Waals surface area contributed by atoms with Crippen LogP contribution in [0.1, 0.15) is 36.1 Å². The van der Waals surface area contributed by atoms with E-state index in [1.807, 2.05) is 0 Å². The minimum absolute atomic E-state index is 0.600. The highest BCUT2D eigenvalue weighted by Crippen LogP contribution is 2.23. The van der Waals surface area contributed by atoms with Crippen molar-refractivity contribution < 1.29 is 0 Å². The van der Waals surface area contributed by atoms with Crippen molar-refractivity contribution in [3.63, 3.8) is 0 Å². The van der Waals surface area contributed by atoms with Gasteiger partial charge in [0, 0.05) is 29.3 Å². The molecule has 0 unspecified atom stereocenters. The van der Waals surface area contributed by atoms with Gasteiger partial charge in [-0.1, -0.05) is 6.42 Å². The SMILES string of the molecule is Cc1c(Br)cn2cc(C[C@@H]3CCCCN3)nc2c1C. The number of hydrogen-bond acceptors (Lipinski definition) is 2. The Hall–Kier alpha value is -0.870. The summed E-state index contributed by atoms with van der Waals surface area (Å²) in [6.45, 7) is 5.43. The van der Waals surface area contributed by atoms with Crippen molar-refractivity contribution in [2.45, 2.75) is 45.6 Å². The lowest BCUT2D eigenvalue weighted by atomic mass is 10.0. The van der Waals surface area contributed by atoms with Gasteiger partial charge in [0.2, 0.25) is 0 Å². The second-order valence-corrected chi connectivity index (χ2v) is 6.40. The van der Waals surface area contributed by atoms with Crippen LogP contribution >= 0.6 is 15.9 Å². The molecule has 0 aromatic carbocycles. The van der Waals surface area contributed by atoms with E-state index in [1.54, 1.807) is 0 Å². The number of aryl methyl sites for hydroxylation is 1. The molecule has 2 aromatic heterocycles. The number of hydrogen-bond donors (Lipinski definition) is 1. The van der Waals surface area contributed by atoms with Gasteiger partial charge in [-0.2, -0.15) is 0 Å². The smallest absolute Gasteiger partial charge is 0.140 e. The van der Waals surface area contributed by atoms with Crippen molar-refractivity contribution in [2.24, 2.45) is 0 Å². The summed E-state index contributed by atoms with van der Waals surface area (Å²) in [6.07, 6.45) is 9.25. The van der Waals surface area contributed by atoms with E-state index in [2.05, 4.69) is 51.9 Å². The Labute approximate surface area is 122 Å². The molecule has 3 rings (SSSR count). The molecule has 3 nitrogen and oxygen atoms in total. The van der Waals surface area contributed by atoms with Crippen LogP contribution in [0.2, 0.25) is 0 Å². The first-order chi connectivity index (χ1) is 9.15. The molecule has 0 radical (unpaired) electrons. The van der Waals surface area contributed by atoms with Crippen LogP contribution in [-0.2, 0) is 6.42 Å². The lowest BCUT2D eigenvalue weighted by molar-refractivity contribution is 0.397. The number of fused-ring (bicyclic) bond motifs is 1. The van der Waals surface area contributed by atoms with Crippen LogP contribution in [0.15, 0.2) is 16.9 Å². The summed E-state index contributed by atoms with van der Waals surface area (Å²) in [5.74, 6) is 0. The standard InChI is InChI=1S/C15H20BrN3/c1-10-11(2)15-18-13(8-19(15)9-14(10)16)7-12-5-3-4-6-17-12/h8-9,12,17H,3-7H2,1-2H3/t12-/m0/s1. The molecule has 1 aliphatic rings. The summed E-state index contributed by atoms with van der Waals surface area (Å²) in [7, 11) is 0. The minimum atomic E-state index is 0.600. The quantitative estimate of drug-likeness (QED) is 0.918. The van der Waals surface area contributed by atoms with Crippen LogP contribution < -0.4 is 5.32 Å². The summed E-state index contributed by atoms with van der Waals surface area (Å²) >= 11 is 3.61. The van der Waals surface area contributed by atoms with Gasteiger partial charge in [-0.25, -0.2) is 4.98 Å². The Morgan fingerprint density at radius 3 is 2.89 bits per heavy atom. The lowest BCUT2D eigenvalue weighted by Gasteiger charge is -2.22. The predicted octanol–water partition coefficient (Wildman–Crippen LogP) is 3.40. The normalized spacial score (nSPS) is 20.1. The first-order valence-corrected chi connectivity index (χ1v) is 7.81. The Morgan fingerprint density at radius 2 is 2.16 bits per heavy atom. The zero-order valence-electron chi connectivity index (χ0n) is 11.5. The van der Waals surface area contributed by atoms with Crippen LogP contribution in [0.4, 0.5) is 0 Å². The largest absolute Gasteiger partial charge is 0.314 e. The third kappa shape index (κ3) is 2.56. The van der Waals surface area contributed by atoms with Crippen LogP contribution in [0.25, 0.3) is 5.65 Å². The second kappa shape index (κ2) is 5.25. The van der Waals surface area contributed by atoms with Crippen LogP contribution in [0, 0.1) is 13.8 Å². The van der Waals surface area contributed by atoms with E-state index in [9.17, 15) is 0 Å². The first-order valence-electron chi connectivity index (χ1n) is 7.02. The minimum Gasteiger partial charge on any atom is -0.314 e. The number of piperidine rings is 1. The van der Waals surface area contributed by atoms with Gasteiger partial charge in [-0.05, 0) is 60.3 Å². The molecule has 102 valence electrons. The number of nitrogens with zero attached hydrogens (tertiary/aromatic N) is 2. The highest BCUT2D eigenvalue weighted by atomic mass is 79.9. The monoisotopic (exact) mass is 321 g/mol. The molecule has 1 atom stereocenters. The maximum Gasteiger partial charge on any atom is 0.140 e. The molecule has 3 heterocycles. The molecule has 0 aliphatic carbocycles. The fourth-order valence-electron chi connectivity index (χ4n) is 2.84. The summed E-state index contributed by atoms with van der Waals surface area (Å²) in [6, 6.07) is 0.600. The number of nitrogens with one attached hydrogen (secondary N) is 1. The van der Waals surface area contributed by atoms with Gasteiger partial charge in [-0.3, -0.25) is 0 Å². The molecule has 2 aromatic rings. The highest BCUT2D eigenvalue weighted by Gasteiger charge is 2.16. The molecule has 19 heavy (non-hydrogen) atoms. The average Bonchev–Trinajstić information content (AvgIpc) is 2.80. The van der Waals surface area contributed by atoms with E-state index >= 15 is 0 Å². The second-order valence-electron chi connectivity index (χ2n) is 5.54. The zero-order valence-corrected chi connectivity index (χ0v) is 13.1. The van der Waals surface area contributed by atoms with E-state index in [4.69, 9.17) is 4.98 Å². The molecule has 1 N–H and O–H groups in total. The Morgan fingerprint density at radius 1 is 1.32 bits per heavy atom. The molecular weight excluding hydrogens is 302 g/mol. The predicted molar refractivity (Wildman–Crippen MR) is 81.7 cm³/mol. The summed E-state index contributed by atoms with van der Waals surface area (Å²) in [5.41, 5.74) is 4.82. The van der Waals surface area contributed by atoms with E-state index in [-0.39, 0.29) is 0 Å². The molecule has 1 aliphatic heterocycles. The van der Waals surface area contributed by atoms with Crippen molar-refractivity contribution in [1.29, 1.82) is 0 Å². The van der Waals surface area contributed by atoms with Gasteiger partial charge in [0.05, 0.1) is 5.69 Å². The number of rotatable bonds is 2. The van der Waals surface area contributed by atoms with Crippen molar-refractivity contribution in [2.75, 3.05) is 6.54 Å². The number of imidazole rings is 1. The zero-order chi connectivity index (χ0) is 13.4. The number of aromatic nitrogens is 2. The average molecular weight is 322 g/mol. The van der Waals surface area contributed by atoms with Crippen LogP contribution in [0.5, 0.6) is 0 Å². The van der Waals surface area contributed by atoms with Crippen LogP contribution in [0.3, 0.4) is 0 Å². The molecule has 0 amide bonds. The Bertz CT molecular complexity index is 597. The van der Waals surface area contributed by atoms with Gasteiger partial charge >= 0.3 is 0 Å². The maximum atomic E-state index is 4.81. The lowest BCUT2D eigenvalue weighted by Crippen LogP contribution is -2.35. The number of halogens is 1. The molecule has 1 fully saturated rings. The number of pyridine rings is 1. The maximum absolute atomic E-state index is 4.81. The first kappa shape index (κ1) is 13.1. The van der Waals surface area contributed by atoms with Crippen LogP contribution in [-0.4, -0.2) is 22.0 Å². The Balaban J connectivity index is 1.91. The molecule has 4 heteroatoms. The van der Waals surface area contributed by atoms with Gasteiger partial charge in [0.15, 0.2) is 0 Å². The summed E-state index contributed by atoms with van der Waals surface area (Å²) in [5, 5.41) is 3.59. The van der Waals surface area contributed by atoms with E-state index in [1.165, 1.54) is 36.1 Å². The fourth-order valence-corrected chi connectivity index (χ4v) is 3.35.